The summed E-state index contributed by atoms with van der Waals surface area (Å²) in [5.41, 5.74) is 0.694. The fraction of sp³-hybridized carbons (Fsp3) is 0.273. The molecule has 4 nitrogen and oxygen atoms in total. The lowest BCUT2D eigenvalue weighted by atomic mass is 10.1. The third-order valence-electron chi connectivity index (χ3n) is 2.66. The number of carbonyl (C=O) groups is 1. The number of hydrogen-bond acceptors (Lipinski definition) is 3. The van der Waals surface area contributed by atoms with Crippen LogP contribution in [0.1, 0.15) is 22.0 Å². The normalized spacial score (nSPS) is 18.1. The van der Waals surface area contributed by atoms with Gasteiger partial charge in [-0.3, -0.25) is 4.79 Å². The summed E-state index contributed by atoms with van der Waals surface area (Å²) in [5.74, 6) is -0.367. The van der Waals surface area contributed by atoms with Crippen LogP contribution in [0.4, 0.5) is 0 Å². The Hall–Kier alpha value is -1.28. The molecular weight excluding hydrogens is 263 g/mol. The van der Waals surface area contributed by atoms with Crippen molar-refractivity contribution in [2.75, 3.05) is 13.2 Å². The average molecular weight is 271 g/mol. The summed E-state index contributed by atoms with van der Waals surface area (Å²) in [7, 11) is 0. The Balaban J connectivity index is 2.61. The van der Waals surface area contributed by atoms with E-state index in [-0.39, 0.29) is 29.6 Å². The smallest absolute Gasteiger partial charge is 0.257 e. The molecule has 0 saturated carbocycles. The summed E-state index contributed by atoms with van der Waals surface area (Å²) in [6.07, 6.45) is 0. The van der Waals surface area contributed by atoms with Gasteiger partial charge in [0.15, 0.2) is 0 Å². The second-order valence-electron chi connectivity index (χ2n) is 3.57. The van der Waals surface area contributed by atoms with Gasteiger partial charge in [-0.25, -0.2) is 0 Å². The molecule has 1 aliphatic heterocycles. The Morgan fingerprint density at radius 2 is 2.06 bits per heavy atom. The fourth-order valence-electron chi connectivity index (χ4n) is 1.94. The second kappa shape index (κ2) is 4.53. The van der Waals surface area contributed by atoms with E-state index in [1.807, 2.05) is 6.07 Å². The van der Waals surface area contributed by atoms with Crippen LogP contribution in [0.2, 0.25) is 10.0 Å². The number of aliphatic hydroxyl groups is 1. The van der Waals surface area contributed by atoms with Gasteiger partial charge in [0.1, 0.15) is 6.04 Å². The zero-order chi connectivity index (χ0) is 12.6. The van der Waals surface area contributed by atoms with Crippen molar-refractivity contribution in [2.24, 2.45) is 0 Å². The van der Waals surface area contributed by atoms with Crippen LogP contribution in [0.25, 0.3) is 0 Å². The average Bonchev–Trinajstić information content (AvgIpc) is 2.59. The molecule has 0 aromatic heterocycles. The molecule has 0 bridgehead atoms. The summed E-state index contributed by atoms with van der Waals surface area (Å²) in [4.78, 5) is 13.3. The Bertz CT molecular complexity index is 525. The van der Waals surface area contributed by atoms with Crippen LogP contribution in [0, 0.1) is 11.3 Å². The van der Waals surface area contributed by atoms with Gasteiger partial charge in [-0.1, -0.05) is 23.2 Å². The van der Waals surface area contributed by atoms with E-state index in [1.165, 1.54) is 11.0 Å². The number of fused-ring (bicyclic) bond motifs is 1. The van der Waals surface area contributed by atoms with Crippen LogP contribution in [0.3, 0.4) is 0 Å². The van der Waals surface area contributed by atoms with E-state index in [0.717, 1.165) is 0 Å². The Kier molecular flexibility index (Phi) is 3.25. The number of amides is 1. The first-order chi connectivity index (χ1) is 8.11. The number of halogens is 2. The van der Waals surface area contributed by atoms with Gasteiger partial charge >= 0.3 is 0 Å². The topological polar surface area (TPSA) is 64.3 Å². The number of rotatable bonds is 2. The monoisotopic (exact) mass is 270 g/mol. The summed E-state index contributed by atoms with van der Waals surface area (Å²) in [6, 6.07) is 4.31. The fourth-order valence-corrected chi connectivity index (χ4v) is 2.45. The summed E-state index contributed by atoms with van der Waals surface area (Å²) in [5, 5.41) is 18.6. The lowest BCUT2D eigenvalue weighted by molar-refractivity contribution is 0.0721. The molecule has 1 aliphatic rings. The van der Waals surface area contributed by atoms with Gasteiger partial charge in [0, 0.05) is 17.1 Å². The maximum atomic E-state index is 12.0. The first-order valence-electron chi connectivity index (χ1n) is 4.91. The number of aliphatic hydroxyl groups excluding tert-OH is 1. The standard InChI is InChI=1S/C11H8Cl2N2O2/c12-6-1-2-7(13)10-9(6)8(5-14)15(3-4-16)11(10)17/h1-2,8,16H,3-4H2. The van der Waals surface area contributed by atoms with Crippen molar-refractivity contribution in [1.82, 2.24) is 4.90 Å². The highest BCUT2D eigenvalue weighted by atomic mass is 35.5. The summed E-state index contributed by atoms with van der Waals surface area (Å²) < 4.78 is 0. The molecule has 1 unspecified atom stereocenters. The van der Waals surface area contributed by atoms with Crippen molar-refractivity contribution in [3.8, 4) is 6.07 Å². The van der Waals surface area contributed by atoms with Crippen molar-refractivity contribution in [3.05, 3.63) is 33.3 Å². The largest absolute Gasteiger partial charge is 0.395 e. The lowest BCUT2D eigenvalue weighted by Crippen LogP contribution is -2.30. The van der Waals surface area contributed by atoms with Crippen molar-refractivity contribution in [1.29, 1.82) is 5.26 Å². The first kappa shape index (κ1) is 12.2. The molecule has 2 rings (SSSR count). The van der Waals surface area contributed by atoms with Crippen molar-refractivity contribution in [3.63, 3.8) is 0 Å². The molecule has 1 heterocycles. The molecule has 1 aromatic rings. The lowest BCUT2D eigenvalue weighted by Gasteiger charge is -2.18. The zero-order valence-electron chi connectivity index (χ0n) is 8.65. The van der Waals surface area contributed by atoms with E-state index in [0.29, 0.717) is 10.6 Å². The Morgan fingerprint density at radius 3 is 2.65 bits per heavy atom. The van der Waals surface area contributed by atoms with Crippen LogP contribution in [0.5, 0.6) is 0 Å². The van der Waals surface area contributed by atoms with E-state index in [4.69, 9.17) is 33.6 Å². The summed E-state index contributed by atoms with van der Waals surface area (Å²) in [6.45, 7) is -0.133. The van der Waals surface area contributed by atoms with Crippen LogP contribution in [-0.4, -0.2) is 29.1 Å². The molecular formula is C11H8Cl2N2O2. The molecule has 0 radical (unpaired) electrons. The van der Waals surface area contributed by atoms with Crippen molar-refractivity contribution in [2.45, 2.75) is 6.04 Å². The first-order valence-corrected chi connectivity index (χ1v) is 5.66. The van der Waals surface area contributed by atoms with Crippen LogP contribution < -0.4 is 0 Å². The highest BCUT2D eigenvalue weighted by Gasteiger charge is 2.39. The molecule has 88 valence electrons. The van der Waals surface area contributed by atoms with Crippen molar-refractivity contribution < 1.29 is 9.90 Å². The maximum Gasteiger partial charge on any atom is 0.257 e. The minimum Gasteiger partial charge on any atom is -0.395 e. The minimum absolute atomic E-state index is 0.0817. The molecule has 0 spiro atoms. The van der Waals surface area contributed by atoms with Gasteiger partial charge in [0.25, 0.3) is 5.91 Å². The van der Waals surface area contributed by atoms with E-state index in [9.17, 15) is 4.79 Å². The quantitative estimate of drug-likeness (QED) is 0.894. The molecule has 1 aromatic carbocycles. The van der Waals surface area contributed by atoms with E-state index >= 15 is 0 Å². The molecule has 0 aliphatic carbocycles. The summed E-state index contributed by atoms with van der Waals surface area (Å²) >= 11 is 11.9. The zero-order valence-corrected chi connectivity index (χ0v) is 10.2. The van der Waals surface area contributed by atoms with E-state index < -0.39 is 6.04 Å². The number of nitriles is 1. The number of nitrogens with zero attached hydrogens (tertiary/aromatic N) is 2. The van der Waals surface area contributed by atoms with Crippen molar-refractivity contribution >= 4 is 29.1 Å². The minimum atomic E-state index is -0.782. The van der Waals surface area contributed by atoms with E-state index in [2.05, 4.69) is 0 Å². The molecule has 1 amide bonds. The second-order valence-corrected chi connectivity index (χ2v) is 4.39. The highest BCUT2D eigenvalue weighted by molar-refractivity contribution is 6.37. The molecule has 1 N–H and O–H groups in total. The molecule has 6 heteroatoms. The maximum absolute atomic E-state index is 12.0. The predicted molar refractivity (Wildman–Crippen MR) is 62.9 cm³/mol. The molecule has 0 fully saturated rings. The Labute approximate surface area is 108 Å². The highest BCUT2D eigenvalue weighted by Crippen LogP contribution is 2.40. The third kappa shape index (κ3) is 1.77. The SMILES string of the molecule is N#CC1c2c(Cl)ccc(Cl)c2C(=O)N1CCO. The van der Waals surface area contributed by atoms with Gasteiger partial charge in [-0.2, -0.15) is 5.26 Å². The van der Waals surface area contributed by atoms with Gasteiger partial charge in [-0.15, -0.1) is 0 Å². The predicted octanol–water partition coefficient (Wildman–Crippen LogP) is 2.01. The van der Waals surface area contributed by atoms with Crippen LogP contribution in [-0.2, 0) is 0 Å². The van der Waals surface area contributed by atoms with Crippen LogP contribution in [0.15, 0.2) is 12.1 Å². The van der Waals surface area contributed by atoms with Gasteiger partial charge < -0.3 is 10.0 Å². The third-order valence-corrected chi connectivity index (χ3v) is 3.31. The molecule has 0 saturated heterocycles. The van der Waals surface area contributed by atoms with E-state index in [1.54, 1.807) is 6.07 Å². The number of hydrogen-bond donors (Lipinski definition) is 1. The van der Waals surface area contributed by atoms with Gasteiger partial charge in [0.2, 0.25) is 0 Å². The van der Waals surface area contributed by atoms with Gasteiger partial charge in [-0.05, 0) is 12.1 Å². The molecule has 1 atom stereocenters. The Morgan fingerprint density at radius 1 is 1.41 bits per heavy atom. The van der Waals surface area contributed by atoms with Crippen LogP contribution >= 0.6 is 23.2 Å². The number of carbonyl (C=O) groups excluding carboxylic acids is 1. The molecule has 17 heavy (non-hydrogen) atoms. The number of β-amino-alcohol motifs (C(OH)–C–C–N with tert-alkyl or cyclic N) is 1. The van der Waals surface area contributed by atoms with Gasteiger partial charge in [0.05, 0.1) is 23.3 Å². The number of benzene rings is 1.